The molecule has 26 heavy (non-hydrogen) atoms. The monoisotopic (exact) mass is 353 g/mol. The fourth-order valence-corrected chi connectivity index (χ4v) is 2.67. The third-order valence-corrected chi connectivity index (χ3v) is 4.11. The summed E-state index contributed by atoms with van der Waals surface area (Å²) in [5, 5.41) is 7.12. The van der Waals surface area contributed by atoms with E-state index in [0.717, 1.165) is 22.6 Å². The number of methoxy groups -OCH3 is 1. The van der Waals surface area contributed by atoms with Crippen LogP contribution in [0.1, 0.15) is 16.1 Å². The first-order chi connectivity index (χ1) is 12.6. The number of aromatic nitrogens is 2. The van der Waals surface area contributed by atoms with Crippen LogP contribution in [0.15, 0.2) is 54.6 Å². The Morgan fingerprint density at radius 2 is 1.85 bits per heavy atom. The molecule has 3 aromatic rings. The second-order valence-corrected chi connectivity index (χ2v) is 5.90. The van der Waals surface area contributed by atoms with E-state index >= 15 is 0 Å². The molecule has 0 radical (unpaired) electrons. The van der Waals surface area contributed by atoms with E-state index in [1.54, 1.807) is 37.0 Å². The van der Waals surface area contributed by atoms with Crippen molar-refractivity contribution in [2.45, 2.75) is 6.42 Å². The quantitative estimate of drug-likeness (QED) is 0.740. The zero-order valence-electron chi connectivity index (χ0n) is 14.7. The molecule has 0 atom stereocenters. The molecule has 0 saturated heterocycles. The van der Waals surface area contributed by atoms with Crippen molar-refractivity contribution in [1.29, 1.82) is 0 Å². The number of ether oxygens (including phenoxy) is 1. The topological polar surface area (TPSA) is 56.1 Å². The maximum atomic E-state index is 13.1. The molecule has 0 aliphatic carbocycles. The minimum atomic E-state index is -0.299. The van der Waals surface area contributed by atoms with Gasteiger partial charge in [0, 0.05) is 13.6 Å². The predicted octanol–water partition coefficient (Wildman–Crippen LogP) is 3.21. The van der Waals surface area contributed by atoms with Crippen molar-refractivity contribution in [3.8, 4) is 17.0 Å². The highest BCUT2D eigenvalue weighted by Gasteiger charge is 2.13. The number of aryl methyl sites for hydroxylation is 1. The fourth-order valence-electron chi connectivity index (χ4n) is 2.67. The van der Waals surface area contributed by atoms with Crippen LogP contribution in [0.3, 0.4) is 0 Å². The van der Waals surface area contributed by atoms with E-state index in [9.17, 15) is 9.18 Å². The Bertz CT molecular complexity index is 886. The predicted molar refractivity (Wildman–Crippen MR) is 97.6 cm³/mol. The van der Waals surface area contributed by atoms with Gasteiger partial charge in [-0.05, 0) is 60.0 Å². The number of carbonyl (C=O) groups excluding carboxylic acids is 1. The average Bonchev–Trinajstić information content (AvgIpc) is 3.05. The third-order valence-electron chi connectivity index (χ3n) is 4.11. The molecule has 0 aliphatic rings. The van der Waals surface area contributed by atoms with Gasteiger partial charge in [0.15, 0.2) is 5.69 Å². The van der Waals surface area contributed by atoms with Crippen molar-refractivity contribution in [2.24, 2.45) is 7.05 Å². The maximum absolute atomic E-state index is 13.1. The first kappa shape index (κ1) is 17.7. The van der Waals surface area contributed by atoms with Crippen molar-refractivity contribution < 1.29 is 13.9 Å². The Hall–Kier alpha value is -3.15. The molecular formula is C20H20FN3O2. The SMILES string of the molecule is COc1ccc(CCNC(=O)c2cc(-c3ccc(F)cc3)n(C)n2)cc1. The molecule has 1 aromatic heterocycles. The summed E-state index contributed by atoms with van der Waals surface area (Å²) >= 11 is 0. The molecule has 1 heterocycles. The second kappa shape index (κ2) is 7.82. The molecule has 0 fully saturated rings. The number of amides is 1. The van der Waals surface area contributed by atoms with E-state index < -0.39 is 0 Å². The second-order valence-electron chi connectivity index (χ2n) is 5.90. The van der Waals surface area contributed by atoms with Gasteiger partial charge in [-0.3, -0.25) is 9.48 Å². The van der Waals surface area contributed by atoms with Crippen LogP contribution >= 0.6 is 0 Å². The molecule has 134 valence electrons. The van der Waals surface area contributed by atoms with Crippen molar-refractivity contribution in [1.82, 2.24) is 15.1 Å². The number of nitrogens with zero attached hydrogens (tertiary/aromatic N) is 2. The van der Waals surface area contributed by atoms with E-state index in [4.69, 9.17) is 4.74 Å². The summed E-state index contributed by atoms with van der Waals surface area (Å²) in [4.78, 5) is 12.3. The molecular weight excluding hydrogens is 333 g/mol. The summed E-state index contributed by atoms with van der Waals surface area (Å²) in [6.07, 6.45) is 0.716. The summed E-state index contributed by atoms with van der Waals surface area (Å²) in [6.45, 7) is 0.508. The van der Waals surface area contributed by atoms with Crippen molar-refractivity contribution in [3.63, 3.8) is 0 Å². The Morgan fingerprint density at radius 1 is 1.15 bits per heavy atom. The van der Waals surface area contributed by atoms with Gasteiger partial charge in [0.25, 0.3) is 5.91 Å². The summed E-state index contributed by atoms with van der Waals surface area (Å²) < 4.78 is 19.8. The van der Waals surface area contributed by atoms with E-state index in [-0.39, 0.29) is 11.7 Å². The van der Waals surface area contributed by atoms with Gasteiger partial charge in [-0.2, -0.15) is 5.10 Å². The van der Waals surface area contributed by atoms with E-state index in [2.05, 4.69) is 10.4 Å². The number of hydrogen-bond acceptors (Lipinski definition) is 3. The molecule has 5 nitrogen and oxygen atoms in total. The van der Waals surface area contributed by atoms with Crippen LogP contribution in [0.4, 0.5) is 4.39 Å². The van der Waals surface area contributed by atoms with Crippen LogP contribution in [0, 0.1) is 5.82 Å². The summed E-state index contributed by atoms with van der Waals surface area (Å²) in [5.74, 6) is 0.273. The highest BCUT2D eigenvalue weighted by Crippen LogP contribution is 2.20. The fraction of sp³-hybridized carbons (Fsp3) is 0.200. The summed E-state index contributed by atoms with van der Waals surface area (Å²) in [5.41, 5.74) is 3.00. The van der Waals surface area contributed by atoms with Gasteiger partial charge < -0.3 is 10.1 Å². The molecule has 0 spiro atoms. The van der Waals surface area contributed by atoms with Crippen LogP contribution in [0.2, 0.25) is 0 Å². The number of carbonyl (C=O) groups is 1. The highest BCUT2D eigenvalue weighted by molar-refractivity contribution is 5.93. The Kier molecular flexibility index (Phi) is 5.31. The number of rotatable bonds is 6. The zero-order chi connectivity index (χ0) is 18.5. The molecule has 0 saturated carbocycles. The smallest absolute Gasteiger partial charge is 0.271 e. The largest absolute Gasteiger partial charge is 0.497 e. The normalized spacial score (nSPS) is 10.6. The Morgan fingerprint density at radius 3 is 2.50 bits per heavy atom. The Balaban J connectivity index is 1.61. The molecule has 3 rings (SSSR count). The number of halogens is 1. The van der Waals surface area contributed by atoms with Crippen molar-refractivity contribution in [3.05, 3.63) is 71.7 Å². The van der Waals surface area contributed by atoms with Crippen LogP contribution in [-0.2, 0) is 13.5 Å². The van der Waals surface area contributed by atoms with Gasteiger partial charge in [-0.15, -0.1) is 0 Å². The first-order valence-corrected chi connectivity index (χ1v) is 8.28. The first-order valence-electron chi connectivity index (χ1n) is 8.28. The van der Waals surface area contributed by atoms with Crippen LogP contribution in [-0.4, -0.2) is 29.3 Å². The molecule has 0 unspecified atom stereocenters. The van der Waals surface area contributed by atoms with Crippen LogP contribution in [0.5, 0.6) is 5.75 Å². The lowest BCUT2D eigenvalue weighted by Crippen LogP contribution is -2.26. The van der Waals surface area contributed by atoms with Crippen LogP contribution in [0.25, 0.3) is 11.3 Å². The van der Waals surface area contributed by atoms with Gasteiger partial charge >= 0.3 is 0 Å². The van der Waals surface area contributed by atoms with Gasteiger partial charge in [-0.25, -0.2) is 4.39 Å². The number of hydrogen-bond donors (Lipinski definition) is 1. The number of benzene rings is 2. The highest BCUT2D eigenvalue weighted by atomic mass is 19.1. The molecule has 1 N–H and O–H groups in total. The van der Waals surface area contributed by atoms with Gasteiger partial charge in [0.05, 0.1) is 12.8 Å². The minimum absolute atomic E-state index is 0.234. The number of nitrogens with one attached hydrogen (secondary N) is 1. The molecule has 0 aliphatic heterocycles. The van der Waals surface area contributed by atoms with E-state index in [0.29, 0.717) is 18.7 Å². The van der Waals surface area contributed by atoms with E-state index in [1.165, 1.54) is 12.1 Å². The third kappa shape index (κ3) is 4.08. The van der Waals surface area contributed by atoms with E-state index in [1.807, 2.05) is 24.3 Å². The average molecular weight is 353 g/mol. The minimum Gasteiger partial charge on any atom is -0.497 e. The lowest BCUT2D eigenvalue weighted by Gasteiger charge is -2.05. The maximum Gasteiger partial charge on any atom is 0.271 e. The van der Waals surface area contributed by atoms with Crippen molar-refractivity contribution >= 4 is 5.91 Å². The van der Waals surface area contributed by atoms with Gasteiger partial charge in [0.2, 0.25) is 0 Å². The standard InChI is InChI=1S/C20H20FN3O2/c1-24-19(15-5-7-16(21)8-6-15)13-18(23-24)20(25)22-12-11-14-3-9-17(26-2)10-4-14/h3-10,13H,11-12H2,1-2H3,(H,22,25). The lowest BCUT2D eigenvalue weighted by atomic mass is 10.1. The summed E-state index contributed by atoms with van der Waals surface area (Å²) in [7, 11) is 3.38. The molecule has 0 bridgehead atoms. The molecule has 6 heteroatoms. The lowest BCUT2D eigenvalue weighted by molar-refractivity contribution is 0.0948. The molecule has 2 aromatic carbocycles. The Labute approximate surface area is 151 Å². The molecule has 1 amide bonds. The van der Waals surface area contributed by atoms with Crippen LogP contribution < -0.4 is 10.1 Å². The zero-order valence-corrected chi connectivity index (χ0v) is 14.7. The van der Waals surface area contributed by atoms with Gasteiger partial charge in [-0.1, -0.05) is 12.1 Å². The van der Waals surface area contributed by atoms with Crippen molar-refractivity contribution in [2.75, 3.05) is 13.7 Å². The van der Waals surface area contributed by atoms with Gasteiger partial charge in [0.1, 0.15) is 11.6 Å². The summed E-state index contributed by atoms with van der Waals surface area (Å²) in [6, 6.07) is 15.5.